The summed E-state index contributed by atoms with van der Waals surface area (Å²) in [6, 6.07) is 7.98. The predicted octanol–water partition coefficient (Wildman–Crippen LogP) is -0.0165. The van der Waals surface area contributed by atoms with E-state index in [9.17, 15) is 10.2 Å². The van der Waals surface area contributed by atoms with Crippen molar-refractivity contribution in [3.63, 3.8) is 0 Å². The number of anilines is 1. The highest BCUT2D eigenvalue weighted by Crippen LogP contribution is 2.32. The van der Waals surface area contributed by atoms with Crippen molar-refractivity contribution in [2.75, 3.05) is 11.9 Å². The number of hydrogen-bond acceptors (Lipinski definition) is 8. The van der Waals surface area contributed by atoms with Crippen molar-refractivity contribution < 1.29 is 14.9 Å². The fourth-order valence-electron chi connectivity index (χ4n) is 4.17. The van der Waals surface area contributed by atoms with E-state index in [-0.39, 0.29) is 12.6 Å². The van der Waals surface area contributed by atoms with E-state index in [0.717, 1.165) is 12.8 Å². The molecule has 0 spiro atoms. The number of aliphatic hydroxyl groups is 2. The van der Waals surface area contributed by atoms with Gasteiger partial charge in [-0.3, -0.25) is 4.57 Å². The Balaban J connectivity index is 1.42. The molecule has 5 N–H and O–H groups in total. The second kappa shape index (κ2) is 6.78. The molecule has 1 saturated heterocycles. The molecule has 1 aliphatic carbocycles. The van der Waals surface area contributed by atoms with Gasteiger partial charge in [0.25, 0.3) is 0 Å². The summed E-state index contributed by atoms with van der Waals surface area (Å²) < 4.78 is 7.41. The van der Waals surface area contributed by atoms with Crippen molar-refractivity contribution in [3.05, 3.63) is 48.0 Å². The maximum absolute atomic E-state index is 10.1. The molecule has 4 atom stereocenters. The largest absolute Gasteiger partial charge is 0.394 e. The van der Waals surface area contributed by atoms with Crippen molar-refractivity contribution in [3.8, 4) is 0 Å². The van der Waals surface area contributed by atoms with Crippen LogP contribution in [0.25, 0.3) is 11.2 Å². The van der Waals surface area contributed by atoms with Gasteiger partial charge in [0.05, 0.1) is 19.0 Å². The third-order valence-electron chi connectivity index (χ3n) is 5.62. The van der Waals surface area contributed by atoms with E-state index in [1.807, 2.05) is 0 Å². The van der Waals surface area contributed by atoms with Gasteiger partial charge < -0.3 is 26.0 Å². The van der Waals surface area contributed by atoms with E-state index >= 15 is 0 Å². The smallest absolute Gasteiger partial charge is 0.167 e. The first-order valence-electron chi connectivity index (χ1n) is 9.36. The van der Waals surface area contributed by atoms with Crippen LogP contribution in [0, 0.1) is 0 Å². The van der Waals surface area contributed by atoms with E-state index < -0.39 is 24.5 Å². The highest BCUT2D eigenvalue weighted by atomic mass is 16.5. The van der Waals surface area contributed by atoms with Gasteiger partial charge in [-0.25, -0.2) is 15.0 Å². The van der Waals surface area contributed by atoms with E-state index in [1.165, 1.54) is 17.5 Å². The quantitative estimate of drug-likeness (QED) is 0.495. The lowest BCUT2D eigenvalue weighted by atomic mass is 10.1. The molecule has 2 aromatic heterocycles. The molecule has 2 aliphatic rings. The van der Waals surface area contributed by atoms with Crippen LogP contribution < -0.4 is 11.1 Å². The topological polar surface area (TPSA) is 131 Å². The Labute approximate surface area is 161 Å². The third-order valence-corrected chi connectivity index (χ3v) is 5.62. The number of nitrogens with two attached hydrogens (primary N) is 1. The summed E-state index contributed by atoms with van der Waals surface area (Å²) in [5, 5.41) is 23.0. The third kappa shape index (κ3) is 2.75. The number of fused-ring (bicyclic) bond motifs is 2. The van der Waals surface area contributed by atoms with Crippen LogP contribution in [0.1, 0.15) is 17.4 Å². The summed E-state index contributed by atoms with van der Waals surface area (Å²) in [5.74, 6) is 0.660. The fraction of sp³-hybridized carbons (Fsp3) is 0.421. The van der Waals surface area contributed by atoms with Gasteiger partial charge in [0.15, 0.2) is 23.2 Å². The average Bonchev–Trinajstić information content (AvgIpc) is 3.38. The molecule has 5 rings (SSSR count). The Morgan fingerprint density at radius 1 is 1.18 bits per heavy atom. The van der Waals surface area contributed by atoms with Gasteiger partial charge in [0.2, 0.25) is 0 Å². The van der Waals surface area contributed by atoms with Gasteiger partial charge in [-0.15, -0.1) is 0 Å². The standard InChI is InChI=1S/C19H22N6O3/c20-14-16(27)13(7-26)28-19(14)25-9-23-15-17(21-8-22-18(15)25)24-12-5-10-3-1-2-4-11(10)6-12/h1-4,8-9,12-14,16,19,26-27H,5-7,20H2,(H,21,22,24)/t13-,14-,16-,19-/m1/s1. The Morgan fingerprint density at radius 2 is 1.93 bits per heavy atom. The minimum Gasteiger partial charge on any atom is -0.394 e. The van der Waals surface area contributed by atoms with Gasteiger partial charge in [0.1, 0.15) is 18.5 Å². The minimum absolute atomic E-state index is 0.242. The minimum atomic E-state index is -0.955. The Bertz CT molecular complexity index is 983. The van der Waals surface area contributed by atoms with Crippen molar-refractivity contribution in [1.29, 1.82) is 0 Å². The molecule has 0 saturated carbocycles. The first-order valence-corrected chi connectivity index (χ1v) is 9.36. The second-order valence-corrected chi connectivity index (χ2v) is 7.38. The zero-order valence-electron chi connectivity index (χ0n) is 15.1. The van der Waals surface area contributed by atoms with Crippen LogP contribution in [0.15, 0.2) is 36.9 Å². The molecule has 9 nitrogen and oxygen atoms in total. The summed E-state index contributed by atoms with van der Waals surface area (Å²) in [6.07, 6.45) is 2.59. The molecule has 0 radical (unpaired) electrons. The van der Waals surface area contributed by atoms with E-state index in [0.29, 0.717) is 17.0 Å². The Hall–Kier alpha value is -2.59. The zero-order valence-corrected chi connectivity index (χ0v) is 15.1. The maximum Gasteiger partial charge on any atom is 0.167 e. The molecule has 146 valence electrons. The number of nitrogens with zero attached hydrogens (tertiary/aromatic N) is 4. The van der Waals surface area contributed by atoms with Crippen LogP contribution in [0.2, 0.25) is 0 Å². The molecule has 28 heavy (non-hydrogen) atoms. The van der Waals surface area contributed by atoms with Gasteiger partial charge in [-0.2, -0.15) is 0 Å². The maximum atomic E-state index is 10.1. The lowest BCUT2D eigenvalue weighted by Crippen LogP contribution is -2.39. The molecule has 1 aliphatic heterocycles. The average molecular weight is 382 g/mol. The molecule has 3 aromatic rings. The van der Waals surface area contributed by atoms with Gasteiger partial charge in [-0.1, -0.05) is 24.3 Å². The predicted molar refractivity (Wildman–Crippen MR) is 102 cm³/mol. The molecular formula is C19H22N6O3. The van der Waals surface area contributed by atoms with Gasteiger partial charge >= 0.3 is 0 Å². The highest BCUT2D eigenvalue weighted by molar-refractivity contribution is 5.83. The second-order valence-electron chi connectivity index (χ2n) is 7.38. The Kier molecular flexibility index (Phi) is 4.24. The van der Waals surface area contributed by atoms with Crippen molar-refractivity contribution in [2.24, 2.45) is 5.73 Å². The van der Waals surface area contributed by atoms with Crippen LogP contribution in [-0.4, -0.2) is 60.6 Å². The molecule has 9 heteroatoms. The summed E-state index contributed by atoms with van der Waals surface area (Å²) in [6.45, 7) is -0.304. The van der Waals surface area contributed by atoms with Gasteiger partial charge in [0, 0.05) is 6.04 Å². The molecular weight excluding hydrogens is 360 g/mol. The van der Waals surface area contributed by atoms with Crippen LogP contribution in [0.4, 0.5) is 5.82 Å². The molecule has 0 bridgehead atoms. The first kappa shape index (κ1) is 17.5. The van der Waals surface area contributed by atoms with Crippen LogP contribution in [-0.2, 0) is 17.6 Å². The zero-order chi connectivity index (χ0) is 19.3. The summed E-state index contributed by atoms with van der Waals surface area (Å²) in [4.78, 5) is 13.2. The summed E-state index contributed by atoms with van der Waals surface area (Å²) in [5.41, 5.74) is 9.99. The molecule has 0 amide bonds. The van der Waals surface area contributed by atoms with E-state index in [2.05, 4.69) is 44.5 Å². The monoisotopic (exact) mass is 382 g/mol. The van der Waals surface area contributed by atoms with Crippen LogP contribution >= 0.6 is 0 Å². The van der Waals surface area contributed by atoms with Crippen LogP contribution in [0.5, 0.6) is 0 Å². The molecule has 1 fully saturated rings. The Morgan fingerprint density at radius 3 is 2.61 bits per heavy atom. The number of hydrogen-bond donors (Lipinski definition) is 4. The summed E-state index contributed by atoms with van der Waals surface area (Å²) >= 11 is 0. The van der Waals surface area contributed by atoms with Crippen molar-refractivity contribution >= 4 is 17.0 Å². The highest BCUT2D eigenvalue weighted by Gasteiger charge is 2.42. The summed E-state index contributed by atoms with van der Waals surface area (Å²) in [7, 11) is 0. The lowest BCUT2D eigenvalue weighted by Gasteiger charge is -2.17. The number of aromatic nitrogens is 4. The molecule has 1 aromatic carbocycles. The first-order chi connectivity index (χ1) is 13.7. The number of rotatable bonds is 4. The van der Waals surface area contributed by atoms with Crippen LogP contribution in [0.3, 0.4) is 0 Å². The number of imidazole rings is 1. The van der Waals surface area contributed by atoms with E-state index in [1.54, 1.807) is 10.9 Å². The molecule has 0 unspecified atom stereocenters. The number of aliphatic hydroxyl groups excluding tert-OH is 2. The number of benzene rings is 1. The van der Waals surface area contributed by atoms with Crippen molar-refractivity contribution in [1.82, 2.24) is 19.5 Å². The number of nitrogens with one attached hydrogen (secondary N) is 1. The van der Waals surface area contributed by atoms with E-state index in [4.69, 9.17) is 10.5 Å². The van der Waals surface area contributed by atoms with Gasteiger partial charge in [-0.05, 0) is 24.0 Å². The molecule has 3 heterocycles. The fourth-order valence-corrected chi connectivity index (χ4v) is 4.17. The number of ether oxygens (including phenoxy) is 1. The lowest BCUT2D eigenvalue weighted by molar-refractivity contribution is -0.0437. The normalized spacial score (nSPS) is 27.4. The SMILES string of the molecule is N[C@@H]1[C@H](O)[C@@H](CO)O[C@H]1n1cnc2c(NC3Cc4ccccc4C3)ncnc21. The van der Waals surface area contributed by atoms with Crippen molar-refractivity contribution in [2.45, 2.75) is 43.4 Å².